The van der Waals surface area contributed by atoms with Gasteiger partial charge in [-0.15, -0.1) is 0 Å². The van der Waals surface area contributed by atoms with E-state index in [2.05, 4.69) is 21.2 Å². The molecule has 2 aromatic rings. The van der Waals surface area contributed by atoms with E-state index in [-0.39, 0.29) is 18.1 Å². The molecule has 0 saturated carbocycles. The highest BCUT2D eigenvalue weighted by Gasteiger charge is 2.32. The first-order valence-corrected chi connectivity index (χ1v) is 8.22. The van der Waals surface area contributed by atoms with E-state index < -0.39 is 0 Å². The molecule has 0 atom stereocenters. The van der Waals surface area contributed by atoms with Crippen LogP contribution in [0.3, 0.4) is 0 Å². The van der Waals surface area contributed by atoms with E-state index in [4.69, 9.17) is 9.47 Å². The molecule has 5 heteroatoms. The van der Waals surface area contributed by atoms with E-state index in [1.807, 2.05) is 56.3 Å². The van der Waals surface area contributed by atoms with Crippen LogP contribution >= 0.6 is 15.9 Å². The molecule has 0 spiro atoms. The van der Waals surface area contributed by atoms with Crippen LogP contribution in [0.25, 0.3) is 0 Å². The van der Waals surface area contributed by atoms with Crippen LogP contribution in [0.1, 0.15) is 19.4 Å². The molecule has 0 bridgehead atoms. The van der Waals surface area contributed by atoms with Gasteiger partial charge in [-0.3, -0.25) is 4.79 Å². The minimum Gasteiger partial charge on any atom is -0.483 e. The lowest BCUT2D eigenvalue weighted by atomic mass is 10.0. The van der Waals surface area contributed by atoms with Crippen molar-refractivity contribution in [2.45, 2.75) is 25.9 Å². The summed E-state index contributed by atoms with van der Waals surface area (Å²) in [6.45, 7) is 4.01. The predicted octanol–water partition coefficient (Wildman–Crippen LogP) is 4.18. The number of ether oxygens (including phenoxy) is 2. The number of nitrogens with one attached hydrogen (secondary N) is 1. The number of hydrogen-bond acceptors (Lipinski definition) is 3. The molecule has 1 aliphatic heterocycles. The molecular weight excluding hydrogens is 358 g/mol. The first-order valence-electron chi connectivity index (χ1n) is 7.43. The number of rotatable bonds is 4. The maximum absolute atomic E-state index is 12.1. The van der Waals surface area contributed by atoms with Crippen molar-refractivity contribution in [3.8, 4) is 11.5 Å². The standard InChI is InChI=1S/C18H18BrNO3/c1-18(2)10-12-6-5-9-15(17(12)23-18)22-11-16(21)20-14-8-4-3-7-13(14)19/h3-9H,10-11H2,1-2H3,(H,20,21). The Balaban J connectivity index is 1.65. The van der Waals surface area contributed by atoms with E-state index in [0.29, 0.717) is 5.75 Å². The van der Waals surface area contributed by atoms with Crippen molar-refractivity contribution in [2.24, 2.45) is 0 Å². The van der Waals surface area contributed by atoms with Gasteiger partial charge in [-0.2, -0.15) is 0 Å². The average Bonchev–Trinajstić information content (AvgIpc) is 2.82. The second-order valence-corrected chi connectivity index (χ2v) is 6.95. The van der Waals surface area contributed by atoms with Crippen LogP contribution in [0.15, 0.2) is 46.9 Å². The Hall–Kier alpha value is -2.01. The van der Waals surface area contributed by atoms with Crippen LogP contribution in [-0.4, -0.2) is 18.1 Å². The molecular formula is C18H18BrNO3. The zero-order chi connectivity index (χ0) is 16.4. The van der Waals surface area contributed by atoms with Gasteiger partial charge in [0.05, 0.1) is 5.69 Å². The summed E-state index contributed by atoms with van der Waals surface area (Å²) >= 11 is 3.40. The first kappa shape index (κ1) is 15.9. The summed E-state index contributed by atoms with van der Waals surface area (Å²) in [4.78, 5) is 12.1. The van der Waals surface area contributed by atoms with Gasteiger partial charge in [0.15, 0.2) is 18.1 Å². The molecule has 23 heavy (non-hydrogen) atoms. The number of amides is 1. The molecule has 0 saturated heterocycles. The fourth-order valence-electron chi connectivity index (χ4n) is 2.59. The third-order valence-electron chi connectivity index (χ3n) is 3.56. The van der Waals surface area contributed by atoms with E-state index in [0.717, 1.165) is 27.9 Å². The SMILES string of the molecule is CC1(C)Cc2cccc(OCC(=O)Nc3ccccc3Br)c2O1. The Morgan fingerprint density at radius 2 is 2.04 bits per heavy atom. The van der Waals surface area contributed by atoms with Gasteiger partial charge in [-0.05, 0) is 48.0 Å². The van der Waals surface area contributed by atoms with Gasteiger partial charge >= 0.3 is 0 Å². The Bertz CT molecular complexity index is 743. The van der Waals surface area contributed by atoms with Gasteiger partial charge in [0.25, 0.3) is 5.91 Å². The molecule has 120 valence electrons. The Morgan fingerprint density at radius 1 is 1.26 bits per heavy atom. The molecule has 0 fully saturated rings. The van der Waals surface area contributed by atoms with Crippen molar-refractivity contribution in [3.05, 3.63) is 52.5 Å². The molecule has 1 heterocycles. The normalized spacial score (nSPS) is 14.7. The predicted molar refractivity (Wildman–Crippen MR) is 93.1 cm³/mol. The first-order chi connectivity index (χ1) is 10.9. The van der Waals surface area contributed by atoms with Crippen LogP contribution in [-0.2, 0) is 11.2 Å². The quantitative estimate of drug-likeness (QED) is 0.871. The summed E-state index contributed by atoms with van der Waals surface area (Å²) in [5.74, 6) is 1.13. The summed E-state index contributed by atoms with van der Waals surface area (Å²) in [6, 6.07) is 13.2. The monoisotopic (exact) mass is 375 g/mol. The zero-order valence-electron chi connectivity index (χ0n) is 13.1. The maximum atomic E-state index is 12.1. The van der Waals surface area contributed by atoms with Crippen molar-refractivity contribution in [3.63, 3.8) is 0 Å². The molecule has 1 N–H and O–H groups in total. The second kappa shape index (κ2) is 6.24. The minimum atomic E-state index is -0.237. The van der Waals surface area contributed by atoms with Crippen LogP contribution in [0.2, 0.25) is 0 Å². The van der Waals surface area contributed by atoms with Crippen molar-refractivity contribution >= 4 is 27.5 Å². The van der Waals surface area contributed by atoms with Crippen LogP contribution in [0.4, 0.5) is 5.69 Å². The molecule has 0 unspecified atom stereocenters. The highest BCUT2D eigenvalue weighted by molar-refractivity contribution is 9.10. The van der Waals surface area contributed by atoms with Crippen molar-refractivity contribution in [1.82, 2.24) is 0 Å². The Kier molecular flexibility index (Phi) is 4.31. The van der Waals surface area contributed by atoms with Crippen molar-refractivity contribution < 1.29 is 14.3 Å². The summed E-state index contributed by atoms with van der Waals surface area (Å²) in [6.07, 6.45) is 0.836. The summed E-state index contributed by atoms with van der Waals surface area (Å²) in [5.41, 5.74) is 1.59. The van der Waals surface area contributed by atoms with Gasteiger partial charge in [0, 0.05) is 16.5 Å². The number of fused-ring (bicyclic) bond motifs is 1. The Morgan fingerprint density at radius 3 is 2.83 bits per heavy atom. The van der Waals surface area contributed by atoms with Gasteiger partial charge in [0.2, 0.25) is 0 Å². The Labute approximate surface area is 143 Å². The molecule has 2 aromatic carbocycles. The van der Waals surface area contributed by atoms with Gasteiger partial charge in [0.1, 0.15) is 5.60 Å². The second-order valence-electron chi connectivity index (χ2n) is 6.10. The fourth-order valence-corrected chi connectivity index (χ4v) is 2.98. The number of benzene rings is 2. The number of anilines is 1. The highest BCUT2D eigenvalue weighted by atomic mass is 79.9. The fraction of sp³-hybridized carbons (Fsp3) is 0.278. The van der Waals surface area contributed by atoms with Crippen molar-refractivity contribution in [2.75, 3.05) is 11.9 Å². The molecule has 4 nitrogen and oxygen atoms in total. The van der Waals surface area contributed by atoms with Gasteiger partial charge in [-0.1, -0.05) is 24.3 Å². The highest BCUT2D eigenvalue weighted by Crippen LogP contribution is 2.41. The molecule has 3 rings (SSSR count). The lowest BCUT2D eigenvalue weighted by molar-refractivity contribution is -0.118. The number of carbonyl (C=O) groups excluding carboxylic acids is 1. The van der Waals surface area contributed by atoms with Gasteiger partial charge < -0.3 is 14.8 Å². The van der Waals surface area contributed by atoms with Crippen LogP contribution in [0.5, 0.6) is 11.5 Å². The third-order valence-corrected chi connectivity index (χ3v) is 4.25. The molecule has 1 aliphatic rings. The van der Waals surface area contributed by atoms with Crippen LogP contribution < -0.4 is 14.8 Å². The average molecular weight is 376 g/mol. The topological polar surface area (TPSA) is 47.6 Å². The zero-order valence-corrected chi connectivity index (χ0v) is 14.6. The molecule has 0 radical (unpaired) electrons. The molecule has 1 amide bonds. The number of halogens is 1. The van der Waals surface area contributed by atoms with Crippen LogP contribution in [0, 0.1) is 0 Å². The number of hydrogen-bond donors (Lipinski definition) is 1. The lowest BCUT2D eigenvalue weighted by Gasteiger charge is -2.18. The molecule has 0 aromatic heterocycles. The summed E-state index contributed by atoms with van der Waals surface area (Å²) < 4.78 is 12.4. The van der Waals surface area contributed by atoms with Crippen molar-refractivity contribution in [1.29, 1.82) is 0 Å². The summed E-state index contributed by atoms with van der Waals surface area (Å²) in [7, 11) is 0. The maximum Gasteiger partial charge on any atom is 0.262 e. The van der Waals surface area contributed by atoms with E-state index >= 15 is 0 Å². The number of carbonyl (C=O) groups is 1. The van der Waals surface area contributed by atoms with Gasteiger partial charge in [-0.25, -0.2) is 0 Å². The smallest absolute Gasteiger partial charge is 0.262 e. The van der Waals surface area contributed by atoms with E-state index in [1.165, 1.54) is 0 Å². The largest absolute Gasteiger partial charge is 0.483 e. The number of para-hydroxylation sites is 2. The van der Waals surface area contributed by atoms with E-state index in [9.17, 15) is 4.79 Å². The van der Waals surface area contributed by atoms with E-state index in [1.54, 1.807) is 0 Å². The molecule has 0 aliphatic carbocycles. The minimum absolute atomic E-state index is 0.0679. The lowest BCUT2D eigenvalue weighted by Crippen LogP contribution is -2.25. The summed E-state index contributed by atoms with van der Waals surface area (Å²) in [5, 5.41) is 2.81. The third kappa shape index (κ3) is 3.67.